The second-order valence-corrected chi connectivity index (χ2v) is 9.59. The molecule has 0 aliphatic carbocycles. The minimum atomic E-state index is -3.42. The molecule has 4 rings (SSSR count). The van der Waals surface area contributed by atoms with Crippen molar-refractivity contribution >= 4 is 20.9 Å². The summed E-state index contributed by atoms with van der Waals surface area (Å²) in [6.07, 6.45) is 4.00. The van der Waals surface area contributed by atoms with Gasteiger partial charge in [0.25, 0.3) is 0 Å². The lowest BCUT2D eigenvalue weighted by atomic mass is 10.2. The predicted octanol–water partition coefficient (Wildman–Crippen LogP) is 3.40. The highest BCUT2D eigenvalue weighted by molar-refractivity contribution is 7.89. The number of rotatable bonds is 6. The molecule has 0 bridgehead atoms. The molecule has 0 spiro atoms. The van der Waals surface area contributed by atoms with Crippen LogP contribution in [0.4, 0.5) is 0 Å². The van der Waals surface area contributed by atoms with Gasteiger partial charge in [0.15, 0.2) is 6.35 Å². The van der Waals surface area contributed by atoms with Gasteiger partial charge >= 0.3 is 0 Å². The van der Waals surface area contributed by atoms with Gasteiger partial charge in [-0.05, 0) is 55.1 Å². The molecule has 6 nitrogen and oxygen atoms in total. The summed E-state index contributed by atoms with van der Waals surface area (Å²) in [5.41, 5.74) is 1.91. The van der Waals surface area contributed by atoms with Gasteiger partial charge in [-0.1, -0.05) is 36.8 Å². The number of piperidine rings is 1. The monoisotopic (exact) mass is 413 g/mol. The molecule has 3 aromatic rings. The molecule has 1 unspecified atom stereocenters. The highest BCUT2D eigenvalue weighted by atomic mass is 32.2. The number of nitrogens with zero attached hydrogens (tertiary/aromatic N) is 3. The molecule has 0 amide bonds. The Morgan fingerprint density at radius 2 is 1.69 bits per heavy atom. The molecule has 29 heavy (non-hydrogen) atoms. The summed E-state index contributed by atoms with van der Waals surface area (Å²) in [5, 5.41) is 11.9. The SMILES string of the molecule is CN(Cc1ccc(S(=O)(=O)N2CCCCC2)cc1)C(O)n1ccc2ccccc21. The van der Waals surface area contributed by atoms with E-state index in [2.05, 4.69) is 0 Å². The maximum absolute atomic E-state index is 12.8. The van der Waals surface area contributed by atoms with E-state index in [0.717, 1.165) is 35.7 Å². The van der Waals surface area contributed by atoms with E-state index >= 15 is 0 Å². The molecule has 0 saturated carbocycles. The van der Waals surface area contributed by atoms with E-state index in [1.54, 1.807) is 16.4 Å². The van der Waals surface area contributed by atoms with Crippen LogP contribution in [0.3, 0.4) is 0 Å². The maximum atomic E-state index is 12.8. The van der Waals surface area contributed by atoms with Crippen molar-refractivity contribution in [1.29, 1.82) is 0 Å². The van der Waals surface area contributed by atoms with Gasteiger partial charge in [-0.15, -0.1) is 0 Å². The average molecular weight is 414 g/mol. The molecule has 0 radical (unpaired) electrons. The van der Waals surface area contributed by atoms with Crippen LogP contribution >= 0.6 is 0 Å². The van der Waals surface area contributed by atoms with Crippen LogP contribution in [0, 0.1) is 0 Å². The smallest absolute Gasteiger partial charge is 0.243 e. The first kappa shape index (κ1) is 20.1. The third-order valence-corrected chi connectivity index (χ3v) is 7.49. The standard InChI is InChI=1S/C22H27N3O3S/c1-23(22(26)25-16-13-19-7-3-4-8-21(19)25)17-18-9-11-20(12-10-18)29(27,28)24-14-5-2-6-15-24/h3-4,7-13,16,22,26H,2,5-6,14-15,17H2,1H3. The molecule has 1 N–H and O–H groups in total. The Labute approximate surface area is 172 Å². The molecule has 1 aliphatic heterocycles. The number of hydrogen-bond donors (Lipinski definition) is 1. The third kappa shape index (κ3) is 4.09. The molecule has 154 valence electrons. The van der Waals surface area contributed by atoms with Crippen LogP contribution in [0.5, 0.6) is 0 Å². The van der Waals surface area contributed by atoms with Crippen LogP contribution in [0.25, 0.3) is 10.9 Å². The van der Waals surface area contributed by atoms with Crippen LogP contribution in [0.2, 0.25) is 0 Å². The predicted molar refractivity (Wildman–Crippen MR) is 114 cm³/mol. The van der Waals surface area contributed by atoms with Gasteiger partial charge in [-0.2, -0.15) is 4.31 Å². The van der Waals surface area contributed by atoms with Crippen LogP contribution < -0.4 is 0 Å². The molecule has 2 heterocycles. The zero-order valence-corrected chi connectivity index (χ0v) is 17.4. The maximum Gasteiger partial charge on any atom is 0.243 e. The summed E-state index contributed by atoms with van der Waals surface area (Å²) < 4.78 is 29.0. The number of aliphatic hydroxyl groups excluding tert-OH is 1. The Morgan fingerprint density at radius 1 is 1.00 bits per heavy atom. The number of benzene rings is 2. The summed E-state index contributed by atoms with van der Waals surface area (Å²) >= 11 is 0. The Morgan fingerprint density at radius 3 is 2.41 bits per heavy atom. The van der Waals surface area contributed by atoms with Gasteiger partial charge in [0.05, 0.1) is 10.4 Å². The van der Waals surface area contributed by atoms with E-state index in [1.807, 2.05) is 65.2 Å². The van der Waals surface area contributed by atoms with E-state index in [4.69, 9.17) is 0 Å². The van der Waals surface area contributed by atoms with Crippen LogP contribution in [0.1, 0.15) is 31.2 Å². The number of para-hydroxylation sites is 1. The zero-order chi connectivity index (χ0) is 20.4. The third-order valence-electron chi connectivity index (χ3n) is 5.58. The van der Waals surface area contributed by atoms with Gasteiger partial charge < -0.3 is 9.67 Å². The van der Waals surface area contributed by atoms with Gasteiger partial charge in [0.2, 0.25) is 10.0 Å². The molecule has 7 heteroatoms. The van der Waals surface area contributed by atoms with E-state index in [-0.39, 0.29) is 0 Å². The Kier molecular flexibility index (Phi) is 5.74. The first-order valence-corrected chi connectivity index (χ1v) is 11.4. The molecule has 1 fully saturated rings. The Hall–Kier alpha value is -2.19. The van der Waals surface area contributed by atoms with Crippen molar-refractivity contribution in [2.45, 2.75) is 37.1 Å². The van der Waals surface area contributed by atoms with Crippen molar-refractivity contribution < 1.29 is 13.5 Å². The van der Waals surface area contributed by atoms with Crippen molar-refractivity contribution in [3.63, 3.8) is 0 Å². The van der Waals surface area contributed by atoms with Crippen LogP contribution in [0.15, 0.2) is 65.7 Å². The normalized spacial score (nSPS) is 17.1. The Balaban J connectivity index is 1.47. The number of aromatic nitrogens is 1. The summed E-state index contributed by atoms with van der Waals surface area (Å²) in [4.78, 5) is 2.16. The lowest BCUT2D eigenvalue weighted by molar-refractivity contribution is -0.0407. The molecular weight excluding hydrogens is 386 g/mol. The average Bonchev–Trinajstić information content (AvgIpc) is 3.18. The molecule has 1 aliphatic rings. The fraction of sp³-hybridized carbons (Fsp3) is 0.364. The van der Waals surface area contributed by atoms with Crippen molar-refractivity contribution in [1.82, 2.24) is 13.8 Å². The van der Waals surface area contributed by atoms with Crippen LogP contribution in [-0.2, 0) is 16.6 Å². The van der Waals surface area contributed by atoms with Crippen molar-refractivity contribution in [2.75, 3.05) is 20.1 Å². The lowest BCUT2D eigenvalue weighted by Crippen LogP contribution is -2.35. The highest BCUT2D eigenvalue weighted by Gasteiger charge is 2.25. The van der Waals surface area contributed by atoms with E-state index in [9.17, 15) is 13.5 Å². The fourth-order valence-electron chi connectivity index (χ4n) is 3.91. The van der Waals surface area contributed by atoms with Gasteiger partial charge in [-0.25, -0.2) is 8.42 Å². The van der Waals surface area contributed by atoms with Crippen molar-refractivity contribution in [3.05, 3.63) is 66.4 Å². The summed E-state index contributed by atoms with van der Waals surface area (Å²) in [7, 11) is -1.57. The number of fused-ring (bicyclic) bond motifs is 1. The van der Waals surface area contributed by atoms with Gasteiger partial charge in [0, 0.05) is 25.8 Å². The van der Waals surface area contributed by atoms with Gasteiger partial charge in [-0.3, -0.25) is 4.90 Å². The first-order valence-electron chi connectivity index (χ1n) is 10.00. The molecule has 2 aromatic carbocycles. The largest absolute Gasteiger partial charge is 0.360 e. The van der Waals surface area contributed by atoms with Crippen LogP contribution in [-0.4, -0.2) is 47.4 Å². The summed E-state index contributed by atoms with van der Waals surface area (Å²) in [5.74, 6) is 0. The van der Waals surface area contributed by atoms with E-state index in [0.29, 0.717) is 24.5 Å². The molecule has 1 aromatic heterocycles. The second-order valence-electron chi connectivity index (χ2n) is 7.65. The highest BCUT2D eigenvalue weighted by Crippen LogP contribution is 2.23. The number of hydrogen-bond acceptors (Lipinski definition) is 4. The van der Waals surface area contributed by atoms with E-state index in [1.165, 1.54) is 0 Å². The summed E-state index contributed by atoms with van der Waals surface area (Å²) in [6.45, 7) is 1.70. The number of aliphatic hydroxyl groups is 1. The number of sulfonamides is 1. The lowest BCUT2D eigenvalue weighted by Gasteiger charge is -2.26. The first-order chi connectivity index (χ1) is 14.0. The fourth-order valence-corrected chi connectivity index (χ4v) is 5.43. The summed E-state index contributed by atoms with van der Waals surface area (Å²) in [6, 6.07) is 16.9. The quantitative estimate of drug-likeness (QED) is 0.629. The van der Waals surface area contributed by atoms with Gasteiger partial charge in [0.1, 0.15) is 0 Å². The van der Waals surface area contributed by atoms with Crippen molar-refractivity contribution in [2.24, 2.45) is 0 Å². The zero-order valence-electron chi connectivity index (χ0n) is 16.6. The Bertz CT molecular complexity index is 1070. The second kappa shape index (κ2) is 8.28. The van der Waals surface area contributed by atoms with E-state index < -0.39 is 16.4 Å². The minimum absolute atomic E-state index is 0.336. The molecule has 1 saturated heterocycles. The molecular formula is C22H27N3O3S. The van der Waals surface area contributed by atoms with Crippen molar-refractivity contribution in [3.8, 4) is 0 Å². The minimum Gasteiger partial charge on any atom is -0.360 e. The topological polar surface area (TPSA) is 65.8 Å². The molecule has 1 atom stereocenters.